The minimum atomic E-state index is 0. The molecule has 0 N–H and O–H groups in total. The lowest BCUT2D eigenvalue weighted by atomic mass is 9.72. The second-order valence-corrected chi connectivity index (χ2v) is 26.5. The molecule has 0 aromatic heterocycles. The van der Waals surface area contributed by atoms with E-state index in [1.54, 1.807) is 0 Å². The van der Waals surface area contributed by atoms with Gasteiger partial charge >= 0.3 is 0 Å². The molecular weight excluding hydrogens is 785 g/mol. The predicted molar refractivity (Wildman–Crippen MR) is 313 cm³/mol. The van der Waals surface area contributed by atoms with Gasteiger partial charge in [-0.1, -0.05) is 273 Å². The van der Waals surface area contributed by atoms with Gasteiger partial charge in [0.25, 0.3) is 0 Å². The van der Waals surface area contributed by atoms with E-state index in [9.17, 15) is 0 Å². The summed E-state index contributed by atoms with van der Waals surface area (Å²) in [5, 5.41) is 0. The van der Waals surface area contributed by atoms with E-state index >= 15 is 0 Å². The Hall–Kier alpha value is -0.0400. The summed E-state index contributed by atoms with van der Waals surface area (Å²) >= 11 is 0. The standard InChI is InChI=1S/2C20H42.C10H22O.C7H16.C4H10.3CH4/c1-15(2)18(17(4)14-20(8,9)10)12-11-16(3)13-19(5,6)7;1-7-11-18(5)13-9-10-14-20(17(3)4)16-15-19(6)12-8-2;1-9(2)6-5-7-11-8-10(3)4;1-6(2)5-7(3)4;1-4(2)3;;;/h15-18H,11-14H2,1-10H3;17-20H,7-16H2,1-6H3;9-10H,5-8H2,1-4H3;6-7H,5H2,1-4H3;4H,1-3H3;3*1H4. The molecule has 0 amide bonds. The summed E-state index contributed by atoms with van der Waals surface area (Å²) in [6.45, 7) is 64.6. The van der Waals surface area contributed by atoms with Crippen LogP contribution in [-0.2, 0) is 4.74 Å². The Kier molecular flexibility index (Phi) is 63.4. The van der Waals surface area contributed by atoms with Gasteiger partial charge in [0.2, 0.25) is 0 Å². The lowest BCUT2D eigenvalue weighted by molar-refractivity contribution is 0.105. The molecule has 0 rings (SSSR count). The Morgan fingerprint density at radius 3 is 1.14 bits per heavy atom. The van der Waals surface area contributed by atoms with E-state index in [-0.39, 0.29) is 22.3 Å². The lowest BCUT2D eigenvalue weighted by Gasteiger charge is -2.33. The topological polar surface area (TPSA) is 9.23 Å². The quantitative estimate of drug-likeness (QED) is 0.0711. The van der Waals surface area contributed by atoms with Crippen LogP contribution in [0, 0.1) is 87.8 Å². The molecule has 0 spiro atoms. The smallest absolute Gasteiger partial charge is 0.0488 e. The number of rotatable bonds is 28. The fraction of sp³-hybridized carbons (Fsp3) is 1.00. The van der Waals surface area contributed by atoms with E-state index in [2.05, 4.69) is 187 Å². The molecule has 65 heavy (non-hydrogen) atoms. The average Bonchev–Trinajstić information content (AvgIpc) is 3.06. The summed E-state index contributed by atoms with van der Waals surface area (Å²) in [5.41, 5.74) is 0.938. The molecule has 0 aliphatic heterocycles. The third kappa shape index (κ3) is 75.7. The molecule has 0 aromatic rings. The summed E-state index contributed by atoms with van der Waals surface area (Å²) in [6.07, 6.45) is 23.6. The minimum absolute atomic E-state index is 0. The van der Waals surface area contributed by atoms with Crippen LogP contribution in [0.5, 0.6) is 0 Å². The molecule has 0 aliphatic carbocycles. The normalized spacial score (nSPS) is 14.3. The minimum Gasteiger partial charge on any atom is -0.381 e. The van der Waals surface area contributed by atoms with Crippen molar-refractivity contribution in [2.24, 2.45) is 87.8 Å². The predicted octanol–water partition coefficient (Wildman–Crippen LogP) is 24.0. The SMILES string of the molecule is C.C.C.CC(C)C.CC(C)CC(C)C.CC(C)CCCOCC(C)C.CC(CCC(C(C)C)C(C)CC(C)(C)C)CC(C)(C)C.CCCC(C)CCCCC(CCC(C)CCC)C(C)C. The number of hydrogen-bond acceptors (Lipinski definition) is 1. The van der Waals surface area contributed by atoms with Gasteiger partial charge in [-0.3, -0.25) is 0 Å². The van der Waals surface area contributed by atoms with E-state index in [0.717, 1.165) is 84.2 Å². The second-order valence-electron chi connectivity index (χ2n) is 26.5. The maximum atomic E-state index is 5.45. The van der Waals surface area contributed by atoms with Gasteiger partial charge in [0.1, 0.15) is 0 Å². The van der Waals surface area contributed by atoms with Gasteiger partial charge in [0.05, 0.1) is 0 Å². The van der Waals surface area contributed by atoms with Crippen molar-refractivity contribution in [3.63, 3.8) is 0 Å². The Morgan fingerprint density at radius 1 is 0.385 bits per heavy atom. The average molecular weight is 930 g/mol. The van der Waals surface area contributed by atoms with E-state index in [1.807, 2.05) is 0 Å². The van der Waals surface area contributed by atoms with E-state index < -0.39 is 0 Å². The zero-order valence-corrected chi connectivity index (χ0v) is 49.3. The molecule has 0 fully saturated rings. The molecule has 1 heteroatoms. The lowest BCUT2D eigenvalue weighted by Crippen LogP contribution is -2.23. The van der Waals surface area contributed by atoms with Crippen LogP contribution in [0.2, 0.25) is 0 Å². The van der Waals surface area contributed by atoms with Gasteiger partial charge in [-0.25, -0.2) is 0 Å². The van der Waals surface area contributed by atoms with Crippen LogP contribution in [0.25, 0.3) is 0 Å². The molecule has 406 valence electrons. The van der Waals surface area contributed by atoms with Crippen molar-refractivity contribution >= 4 is 0 Å². The van der Waals surface area contributed by atoms with Crippen molar-refractivity contribution in [3.05, 3.63) is 0 Å². The summed E-state index contributed by atoms with van der Waals surface area (Å²) < 4.78 is 5.45. The van der Waals surface area contributed by atoms with E-state index in [4.69, 9.17) is 4.74 Å². The van der Waals surface area contributed by atoms with Crippen LogP contribution < -0.4 is 0 Å². The first-order chi connectivity index (χ1) is 28.3. The monoisotopic (exact) mass is 929 g/mol. The molecule has 0 aliphatic rings. The summed E-state index contributed by atoms with van der Waals surface area (Å²) in [4.78, 5) is 0. The number of ether oxygens (including phenoxy) is 1. The Morgan fingerprint density at radius 2 is 0.800 bits per heavy atom. The highest BCUT2D eigenvalue weighted by molar-refractivity contribution is 4.77. The molecule has 0 bridgehead atoms. The number of hydrogen-bond donors (Lipinski definition) is 0. The zero-order valence-electron chi connectivity index (χ0n) is 49.3. The first-order valence-electron chi connectivity index (χ1n) is 27.9. The summed E-state index contributed by atoms with van der Waals surface area (Å²) in [6, 6.07) is 0. The van der Waals surface area contributed by atoms with E-state index in [1.165, 1.54) is 109 Å². The molecular formula is C64H144O. The first-order valence-corrected chi connectivity index (χ1v) is 27.9. The first kappa shape index (κ1) is 81.9. The van der Waals surface area contributed by atoms with Gasteiger partial charge in [0, 0.05) is 13.2 Å². The van der Waals surface area contributed by atoms with Crippen LogP contribution >= 0.6 is 0 Å². The molecule has 1 nitrogen and oxygen atoms in total. The third-order valence-electron chi connectivity index (χ3n) is 12.0. The van der Waals surface area contributed by atoms with Crippen LogP contribution in [0.15, 0.2) is 0 Å². The van der Waals surface area contributed by atoms with Crippen molar-refractivity contribution in [3.8, 4) is 0 Å². The van der Waals surface area contributed by atoms with Gasteiger partial charge in [-0.2, -0.15) is 0 Å². The Labute approximate surface area is 422 Å². The molecule has 0 radical (unpaired) electrons. The van der Waals surface area contributed by atoms with Crippen molar-refractivity contribution in [2.45, 2.75) is 318 Å². The summed E-state index contributed by atoms with van der Waals surface area (Å²) in [7, 11) is 0. The molecule has 6 atom stereocenters. The largest absolute Gasteiger partial charge is 0.381 e. The maximum absolute atomic E-state index is 5.45. The molecule has 0 aromatic carbocycles. The van der Waals surface area contributed by atoms with Crippen molar-refractivity contribution in [1.29, 1.82) is 0 Å². The fourth-order valence-corrected chi connectivity index (χ4v) is 9.36. The van der Waals surface area contributed by atoms with Gasteiger partial charge in [-0.15, -0.1) is 0 Å². The third-order valence-corrected chi connectivity index (χ3v) is 12.0. The highest BCUT2D eigenvalue weighted by Gasteiger charge is 2.26. The van der Waals surface area contributed by atoms with Crippen LogP contribution in [0.1, 0.15) is 318 Å². The zero-order chi connectivity index (χ0) is 49.6. The van der Waals surface area contributed by atoms with Crippen molar-refractivity contribution in [1.82, 2.24) is 0 Å². The Bertz CT molecular complexity index is 829. The van der Waals surface area contributed by atoms with Crippen molar-refractivity contribution in [2.75, 3.05) is 13.2 Å². The molecule has 0 heterocycles. The highest BCUT2D eigenvalue weighted by atomic mass is 16.5. The highest BCUT2D eigenvalue weighted by Crippen LogP contribution is 2.37. The van der Waals surface area contributed by atoms with Crippen molar-refractivity contribution < 1.29 is 4.74 Å². The van der Waals surface area contributed by atoms with E-state index in [0.29, 0.717) is 16.7 Å². The maximum Gasteiger partial charge on any atom is 0.0488 e. The second kappa shape index (κ2) is 50.4. The van der Waals surface area contributed by atoms with Crippen LogP contribution in [0.3, 0.4) is 0 Å². The molecule has 0 saturated carbocycles. The van der Waals surface area contributed by atoms with Gasteiger partial charge < -0.3 is 4.74 Å². The molecule has 6 unspecified atom stereocenters. The fourth-order valence-electron chi connectivity index (χ4n) is 9.36. The summed E-state index contributed by atoms with van der Waals surface area (Å²) in [5.74, 6) is 11.2. The molecule has 0 saturated heterocycles. The van der Waals surface area contributed by atoms with Gasteiger partial charge in [-0.05, 0) is 133 Å². The van der Waals surface area contributed by atoms with Gasteiger partial charge in [0.15, 0.2) is 0 Å². The van der Waals surface area contributed by atoms with Crippen LogP contribution in [0.4, 0.5) is 0 Å². The van der Waals surface area contributed by atoms with Crippen LogP contribution in [-0.4, -0.2) is 13.2 Å². The number of unbranched alkanes of at least 4 members (excludes halogenated alkanes) is 1. The Balaban J connectivity index is -0.000000112.